The van der Waals surface area contributed by atoms with Crippen LogP contribution in [-0.4, -0.2) is 15.9 Å². The van der Waals surface area contributed by atoms with Crippen molar-refractivity contribution in [1.82, 2.24) is 0 Å². The number of nitrogens with one attached hydrogen (secondary N) is 1. The molecule has 0 unspecified atom stereocenters. The Morgan fingerprint density at radius 1 is 1.27 bits per heavy atom. The molecule has 0 saturated heterocycles. The second kappa shape index (κ2) is 6.35. The lowest BCUT2D eigenvalue weighted by Gasteiger charge is -2.13. The van der Waals surface area contributed by atoms with Crippen LogP contribution < -0.4 is 5.32 Å². The number of hydrogen-bond donors (Lipinski definition) is 1. The maximum atomic E-state index is 12.8. The predicted molar refractivity (Wildman–Crippen MR) is 74.8 cm³/mol. The van der Waals surface area contributed by atoms with Crippen LogP contribution in [0.1, 0.15) is 11.3 Å². The fraction of sp³-hybridized carbons (Fsp3) is 0.214. The van der Waals surface area contributed by atoms with E-state index in [1.807, 2.05) is 0 Å². The minimum absolute atomic E-state index is 0.347. The van der Waals surface area contributed by atoms with Crippen LogP contribution in [0.4, 0.5) is 18.9 Å². The molecule has 1 amide bonds. The molecule has 0 bridgehead atoms. The van der Waals surface area contributed by atoms with Gasteiger partial charge in [-0.1, -0.05) is 12.1 Å². The van der Waals surface area contributed by atoms with Crippen molar-refractivity contribution in [3.8, 4) is 0 Å². The van der Waals surface area contributed by atoms with Gasteiger partial charge < -0.3 is 9.73 Å². The normalized spacial score (nSPS) is 12.9. The molecular formula is C14H12F3NO3S. The van der Waals surface area contributed by atoms with Crippen LogP contribution in [0.2, 0.25) is 0 Å². The molecular weight excluding hydrogens is 319 g/mol. The van der Waals surface area contributed by atoms with Gasteiger partial charge in [0.25, 0.3) is 0 Å². The van der Waals surface area contributed by atoms with E-state index in [1.165, 1.54) is 24.5 Å². The third-order valence-electron chi connectivity index (χ3n) is 2.83. The molecule has 0 spiro atoms. The van der Waals surface area contributed by atoms with Crippen LogP contribution in [-0.2, 0) is 21.8 Å². The van der Waals surface area contributed by atoms with E-state index in [1.54, 1.807) is 6.92 Å². The molecule has 118 valence electrons. The van der Waals surface area contributed by atoms with Gasteiger partial charge in [-0.25, -0.2) is 0 Å². The number of furan rings is 1. The van der Waals surface area contributed by atoms with E-state index >= 15 is 0 Å². The summed E-state index contributed by atoms with van der Waals surface area (Å²) in [5.41, 5.74) is -1.31. The average molecular weight is 331 g/mol. The molecule has 1 N–H and O–H groups in total. The lowest BCUT2D eigenvalue weighted by atomic mass is 10.1. The van der Waals surface area contributed by atoms with Crippen molar-refractivity contribution in [1.29, 1.82) is 0 Å². The molecule has 1 heterocycles. The maximum Gasteiger partial charge on any atom is 0.418 e. The Morgan fingerprint density at radius 2 is 1.95 bits per heavy atom. The summed E-state index contributed by atoms with van der Waals surface area (Å²) in [4.78, 5) is 12.2. The number of amides is 1. The average Bonchev–Trinajstić information content (AvgIpc) is 2.84. The van der Waals surface area contributed by atoms with Gasteiger partial charge >= 0.3 is 6.18 Å². The standard InChI is InChI=1S/C14H12F3NO3S/c1-9-12(6-7-21-9)22(20)8-13(19)18-11-5-3-2-4-10(11)14(15,16)17/h2-7H,8H2,1H3,(H,18,19)/t22-/m1/s1. The topological polar surface area (TPSA) is 59.3 Å². The number of halogens is 3. The number of benzene rings is 1. The van der Waals surface area contributed by atoms with E-state index in [0.717, 1.165) is 12.1 Å². The minimum atomic E-state index is -4.58. The van der Waals surface area contributed by atoms with Crippen molar-refractivity contribution in [2.45, 2.75) is 18.0 Å². The summed E-state index contributed by atoms with van der Waals surface area (Å²) in [5.74, 6) is -0.815. The number of anilines is 1. The van der Waals surface area contributed by atoms with Gasteiger partial charge in [0.05, 0.1) is 33.2 Å². The Balaban J connectivity index is 2.11. The molecule has 0 saturated carbocycles. The van der Waals surface area contributed by atoms with Crippen LogP contribution in [0.3, 0.4) is 0 Å². The molecule has 22 heavy (non-hydrogen) atoms. The molecule has 0 aliphatic heterocycles. The van der Waals surface area contributed by atoms with E-state index in [2.05, 4.69) is 5.32 Å². The third kappa shape index (κ3) is 3.76. The fourth-order valence-electron chi connectivity index (χ4n) is 1.83. The first-order valence-electron chi connectivity index (χ1n) is 6.17. The minimum Gasteiger partial charge on any atom is -0.468 e. The summed E-state index contributed by atoms with van der Waals surface area (Å²) < 4.78 is 55.4. The van der Waals surface area contributed by atoms with Gasteiger partial charge in [0.2, 0.25) is 5.91 Å². The van der Waals surface area contributed by atoms with Crippen molar-refractivity contribution < 1.29 is 26.6 Å². The van der Waals surface area contributed by atoms with Crippen LogP contribution in [0.5, 0.6) is 0 Å². The highest BCUT2D eigenvalue weighted by atomic mass is 32.2. The highest BCUT2D eigenvalue weighted by molar-refractivity contribution is 7.85. The first-order chi connectivity index (χ1) is 10.3. The number of hydrogen-bond acceptors (Lipinski definition) is 3. The lowest BCUT2D eigenvalue weighted by Crippen LogP contribution is -2.21. The molecule has 2 aromatic rings. The maximum absolute atomic E-state index is 12.8. The van der Waals surface area contributed by atoms with E-state index in [9.17, 15) is 22.2 Å². The SMILES string of the molecule is Cc1occc1[S@](=O)CC(=O)Nc1ccccc1C(F)(F)F. The van der Waals surface area contributed by atoms with E-state index < -0.39 is 34.2 Å². The Bertz CT molecular complexity index is 709. The van der Waals surface area contributed by atoms with Crippen molar-refractivity contribution in [2.24, 2.45) is 0 Å². The van der Waals surface area contributed by atoms with Crippen molar-refractivity contribution in [3.05, 3.63) is 47.9 Å². The number of carbonyl (C=O) groups is 1. The molecule has 0 radical (unpaired) electrons. The van der Waals surface area contributed by atoms with Crippen LogP contribution in [0.25, 0.3) is 0 Å². The molecule has 1 aromatic heterocycles. The Hall–Kier alpha value is -2.09. The van der Waals surface area contributed by atoms with Crippen LogP contribution in [0.15, 0.2) is 45.9 Å². The van der Waals surface area contributed by atoms with E-state index in [-0.39, 0.29) is 5.69 Å². The Kier molecular flexibility index (Phi) is 4.70. The van der Waals surface area contributed by atoms with Crippen LogP contribution in [0, 0.1) is 6.92 Å². The zero-order valence-corrected chi connectivity index (χ0v) is 12.3. The van der Waals surface area contributed by atoms with Gasteiger partial charge in [-0.15, -0.1) is 0 Å². The van der Waals surface area contributed by atoms with Gasteiger partial charge in [-0.2, -0.15) is 13.2 Å². The number of aryl methyl sites for hydroxylation is 1. The molecule has 1 aromatic carbocycles. The zero-order chi connectivity index (χ0) is 16.3. The van der Waals surface area contributed by atoms with Gasteiger partial charge in [0.15, 0.2) is 0 Å². The largest absolute Gasteiger partial charge is 0.468 e. The highest BCUT2D eigenvalue weighted by Gasteiger charge is 2.33. The summed E-state index contributed by atoms with van der Waals surface area (Å²) in [6, 6.07) is 6.08. The summed E-state index contributed by atoms with van der Waals surface area (Å²) in [6.45, 7) is 1.59. The second-order valence-corrected chi connectivity index (χ2v) is 5.84. The number of para-hydroxylation sites is 1. The smallest absolute Gasteiger partial charge is 0.418 e. The van der Waals surface area contributed by atoms with Gasteiger partial charge in [-0.3, -0.25) is 9.00 Å². The first-order valence-corrected chi connectivity index (χ1v) is 7.49. The van der Waals surface area contributed by atoms with Crippen molar-refractivity contribution in [3.63, 3.8) is 0 Å². The lowest BCUT2D eigenvalue weighted by molar-refractivity contribution is -0.137. The second-order valence-electron chi connectivity index (χ2n) is 4.42. The molecule has 0 fully saturated rings. The molecule has 4 nitrogen and oxygen atoms in total. The van der Waals surface area contributed by atoms with Gasteiger partial charge in [0.1, 0.15) is 11.5 Å². The summed E-state index contributed by atoms with van der Waals surface area (Å²) in [6.07, 6.45) is -3.25. The first kappa shape index (κ1) is 16.3. The molecule has 2 rings (SSSR count). The summed E-state index contributed by atoms with van der Waals surface area (Å²) in [7, 11) is -1.68. The van der Waals surface area contributed by atoms with Gasteiger partial charge in [-0.05, 0) is 25.1 Å². The van der Waals surface area contributed by atoms with Crippen molar-refractivity contribution >= 4 is 22.4 Å². The third-order valence-corrected chi connectivity index (χ3v) is 4.26. The van der Waals surface area contributed by atoms with E-state index in [4.69, 9.17) is 4.42 Å². The molecule has 1 atom stereocenters. The number of alkyl halides is 3. The summed E-state index contributed by atoms with van der Waals surface area (Å²) in [5, 5.41) is 2.15. The molecule has 8 heteroatoms. The summed E-state index contributed by atoms with van der Waals surface area (Å²) >= 11 is 0. The number of rotatable bonds is 4. The zero-order valence-electron chi connectivity index (χ0n) is 11.4. The monoisotopic (exact) mass is 331 g/mol. The highest BCUT2D eigenvalue weighted by Crippen LogP contribution is 2.34. The number of carbonyl (C=O) groups excluding carboxylic acids is 1. The van der Waals surface area contributed by atoms with E-state index in [0.29, 0.717) is 10.7 Å². The van der Waals surface area contributed by atoms with Gasteiger partial charge in [0, 0.05) is 0 Å². The molecule has 0 aliphatic rings. The quantitative estimate of drug-likeness (QED) is 0.935. The predicted octanol–water partition coefficient (Wildman–Crippen LogP) is 3.35. The van der Waals surface area contributed by atoms with Crippen molar-refractivity contribution in [2.75, 3.05) is 11.1 Å². The Labute approximate surface area is 126 Å². The Morgan fingerprint density at radius 3 is 2.55 bits per heavy atom. The fourth-order valence-corrected chi connectivity index (χ4v) is 2.87. The van der Waals surface area contributed by atoms with Crippen LogP contribution >= 0.6 is 0 Å². The molecule has 0 aliphatic carbocycles.